The van der Waals surface area contributed by atoms with Crippen LogP contribution in [-0.2, 0) is 6.54 Å². The van der Waals surface area contributed by atoms with Crippen LogP contribution in [0.2, 0.25) is 0 Å². The van der Waals surface area contributed by atoms with Crippen LogP contribution in [0.3, 0.4) is 0 Å². The molecule has 2 aromatic rings. The van der Waals surface area contributed by atoms with Gasteiger partial charge in [0.25, 0.3) is 0 Å². The number of para-hydroxylation sites is 1. The summed E-state index contributed by atoms with van der Waals surface area (Å²) >= 11 is 0. The van der Waals surface area contributed by atoms with Crippen molar-refractivity contribution in [3.8, 4) is 0 Å². The normalized spacial score (nSPS) is 10.9. The molecule has 0 saturated carbocycles. The Balaban J connectivity index is 2.23. The summed E-state index contributed by atoms with van der Waals surface area (Å²) in [5.41, 5.74) is 0.913. The highest BCUT2D eigenvalue weighted by Crippen LogP contribution is 2.08. The van der Waals surface area contributed by atoms with E-state index < -0.39 is 0 Å². The molecule has 1 N–H and O–H groups in total. The van der Waals surface area contributed by atoms with E-state index in [4.69, 9.17) is 0 Å². The van der Waals surface area contributed by atoms with Crippen LogP contribution in [-0.4, -0.2) is 23.4 Å². The molecule has 17 heavy (non-hydrogen) atoms. The van der Waals surface area contributed by atoms with Crippen LogP contribution in [0.5, 0.6) is 0 Å². The van der Waals surface area contributed by atoms with Gasteiger partial charge in [0.1, 0.15) is 0 Å². The summed E-state index contributed by atoms with van der Waals surface area (Å²) in [7, 11) is 1.95. The predicted molar refractivity (Wildman–Crippen MR) is 69.2 cm³/mol. The van der Waals surface area contributed by atoms with Crippen LogP contribution in [0.25, 0.3) is 10.9 Å². The van der Waals surface area contributed by atoms with Crippen molar-refractivity contribution >= 4 is 10.9 Å². The van der Waals surface area contributed by atoms with Gasteiger partial charge in [0.05, 0.1) is 11.7 Å². The van der Waals surface area contributed by atoms with Gasteiger partial charge >= 0.3 is 0 Å². The van der Waals surface area contributed by atoms with Gasteiger partial charge in [-0.1, -0.05) is 12.1 Å². The summed E-state index contributed by atoms with van der Waals surface area (Å²) in [4.78, 5) is 11.6. The summed E-state index contributed by atoms with van der Waals surface area (Å²) in [6.45, 7) is 1.86. The topological polar surface area (TPSA) is 46.9 Å². The molecule has 0 aliphatic carbocycles. The Hall–Kier alpha value is -1.68. The highest BCUT2D eigenvalue weighted by atomic mass is 16.1. The first kappa shape index (κ1) is 11.8. The Morgan fingerprint density at radius 1 is 1.29 bits per heavy atom. The Labute approximate surface area is 100 Å². The number of hydrogen-bond acceptors (Lipinski definition) is 3. The monoisotopic (exact) mass is 231 g/mol. The second-order valence-electron chi connectivity index (χ2n) is 4.06. The molecule has 0 bridgehead atoms. The molecule has 0 unspecified atom stereocenters. The van der Waals surface area contributed by atoms with Gasteiger partial charge in [-0.2, -0.15) is 5.10 Å². The quantitative estimate of drug-likeness (QED) is 0.791. The highest BCUT2D eigenvalue weighted by Gasteiger charge is 2.02. The van der Waals surface area contributed by atoms with E-state index in [9.17, 15) is 4.79 Å². The molecule has 0 amide bonds. The standard InChI is InChI=1S/C13H17N3O/c1-14-8-4-5-9-16-12-7-3-2-6-11(12)13(17)10-15-16/h2-3,6-7,10,14H,4-5,8-9H2,1H3. The molecule has 4 nitrogen and oxygen atoms in total. The van der Waals surface area contributed by atoms with Crippen LogP contribution >= 0.6 is 0 Å². The molecule has 0 aliphatic heterocycles. The fourth-order valence-corrected chi connectivity index (χ4v) is 1.90. The van der Waals surface area contributed by atoms with Gasteiger partial charge in [0.15, 0.2) is 0 Å². The van der Waals surface area contributed by atoms with E-state index in [1.54, 1.807) is 0 Å². The van der Waals surface area contributed by atoms with Crippen molar-refractivity contribution in [3.05, 3.63) is 40.7 Å². The smallest absolute Gasteiger partial charge is 0.207 e. The molecule has 0 aliphatic rings. The molecule has 0 fully saturated rings. The first-order valence-corrected chi connectivity index (χ1v) is 5.92. The summed E-state index contributed by atoms with van der Waals surface area (Å²) < 4.78 is 1.91. The molecule has 2 rings (SSSR count). The summed E-state index contributed by atoms with van der Waals surface area (Å²) in [5, 5.41) is 8.05. The lowest BCUT2D eigenvalue weighted by Gasteiger charge is -2.08. The van der Waals surface area contributed by atoms with Crippen molar-refractivity contribution in [3.63, 3.8) is 0 Å². The molecular weight excluding hydrogens is 214 g/mol. The number of hydrogen-bond donors (Lipinski definition) is 1. The van der Waals surface area contributed by atoms with Crippen LogP contribution in [0, 0.1) is 0 Å². The maximum Gasteiger partial charge on any atom is 0.207 e. The molecule has 1 aromatic carbocycles. The third kappa shape index (κ3) is 2.71. The minimum absolute atomic E-state index is 0.00734. The van der Waals surface area contributed by atoms with Gasteiger partial charge < -0.3 is 5.32 Å². The number of nitrogens with zero attached hydrogens (tertiary/aromatic N) is 2. The van der Waals surface area contributed by atoms with Crippen molar-refractivity contribution in [2.24, 2.45) is 0 Å². The summed E-state index contributed by atoms with van der Waals surface area (Å²) in [6.07, 6.45) is 3.57. The molecule has 0 atom stereocenters. The van der Waals surface area contributed by atoms with Crippen LogP contribution < -0.4 is 10.7 Å². The summed E-state index contributed by atoms with van der Waals surface area (Å²) in [5.74, 6) is 0. The van der Waals surface area contributed by atoms with Crippen LogP contribution in [0.4, 0.5) is 0 Å². The zero-order valence-electron chi connectivity index (χ0n) is 10.0. The van der Waals surface area contributed by atoms with Gasteiger partial charge in [-0.25, -0.2) is 0 Å². The van der Waals surface area contributed by atoms with Gasteiger partial charge in [-0.3, -0.25) is 9.48 Å². The van der Waals surface area contributed by atoms with Crippen molar-refractivity contribution < 1.29 is 0 Å². The second-order valence-corrected chi connectivity index (χ2v) is 4.06. The summed E-state index contributed by atoms with van der Waals surface area (Å²) in [6, 6.07) is 7.62. The van der Waals surface area contributed by atoms with E-state index in [1.165, 1.54) is 6.20 Å². The zero-order valence-corrected chi connectivity index (χ0v) is 10.0. The second kappa shape index (κ2) is 5.59. The third-order valence-corrected chi connectivity index (χ3v) is 2.81. The number of fused-ring (bicyclic) bond motifs is 1. The lowest BCUT2D eigenvalue weighted by atomic mass is 10.2. The molecule has 1 heterocycles. The van der Waals surface area contributed by atoms with Crippen molar-refractivity contribution in [1.29, 1.82) is 0 Å². The van der Waals surface area contributed by atoms with E-state index in [0.29, 0.717) is 0 Å². The number of aryl methyl sites for hydroxylation is 1. The fourth-order valence-electron chi connectivity index (χ4n) is 1.90. The lowest BCUT2D eigenvalue weighted by Crippen LogP contribution is -2.14. The maximum absolute atomic E-state index is 11.6. The minimum atomic E-state index is -0.00734. The molecule has 0 spiro atoms. The van der Waals surface area contributed by atoms with Gasteiger partial charge in [-0.05, 0) is 38.6 Å². The van der Waals surface area contributed by atoms with Crippen molar-refractivity contribution in [2.45, 2.75) is 19.4 Å². The molecule has 0 saturated heterocycles. The Morgan fingerprint density at radius 3 is 2.94 bits per heavy atom. The number of rotatable bonds is 5. The van der Waals surface area contributed by atoms with E-state index in [0.717, 1.165) is 36.8 Å². The third-order valence-electron chi connectivity index (χ3n) is 2.81. The Morgan fingerprint density at radius 2 is 2.12 bits per heavy atom. The average molecular weight is 231 g/mol. The first-order chi connectivity index (χ1) is 8.33. The van der Waals surface area contributed by atoms with Gasteiger partial charge in [0.2, 0.25) is 5.43 Å². The number of unbranched alkanes of at least 4 members (excludes halogenated alkanes) is 1. The minimum Gasteiger partial charge on any atom is -0.320 e. The Bertz CT molecular complexity index is 548. The number of nitrogens with one attached hydrogen (secondary N) is 1. The van der Waals surface area contributed by atoms with E-state index in [2.05, 4.69) is 10.4 Å². The largest absolute Gasteiger partial charge is 0.320 e. The SMILES string of the molecule is CNCCCCn1ncc(=O)c2ccccc21. The highest BCUT2D eigenvalue weighted by molar-refractivity contribution is 5.77. The van der Waals surface area contributed by atoms with Crippen LogP contribution in [0.1, 0.15) is 12.8 Å². The van der Waals surface area contributed by atoms with Gasteiger partial charge in [-0.15, -0.1) is 0 Å². The molecule has 90 valence electrons. The van der Waals surface area contributed by atoms with E-state index in [-0.39, 0.29) is 5.43 Å². The van der Waals surface area contributed by atoms with Crippen molar-refractivity contribution in [1.82, 2.24) is 15.1 Å². The first-order valence-electron chi connectivity index (χ1n) is 5.92. The number of benzene rings is 1. The molecule has 4 heteroatoms. The van der Waals surface area contributed by atoms with Gasteiger partial charge in [0, 0.05) is 11.9 Å². The van der Waals surface area contributed by atoms with E-state index >= 15 is 0 Å². The lowest BCUT2D eigenvalue weighted by molar-refractivity contribution is 0.554. The van der Waals surface area contributed by atoms with Crippen LogP contribution in [0.15, 0.2) is 35.3 Å². The zero-order chi connectivity index (χ0) is 12.1. The molecule has 0 radical (unpaired) electrons. The maximum atomic E-state index is 11.6. The van der Waals surface area contributed by atoms with E-state index in [1.807, 2.05) is 36.0 Å². The number of aromatic nitrogens is 2. The average Bonchev–Trinajstić information content (AvgIpc) is 2.37. The predicted octanol–water partition coefficient (Wildman–Crippen LogP) is 1.40. The Kier molecular flexibility index (Phi) is 3.88. The molecular formula is C13H17N3O. The molecule has 1 aromatic heterocycles. The fraction of sp³-hybridized carbons (Fsp3) is 0.385. The van der Waals surface area contributed by atoms with Crippen molar-refractivity contribution in [2.75, 3.05) is 13.6 Å².